The maximum atomic E-state index is 12.4. The van der Waals surface area contributed by atoms with Crippen molar-refractivity contribution in [3.05, 3.63) is 18.2 Å². The fraction of sp³-hybridized carbons (Fsp3) is 0.467. The molecule has 8 N–H and O–H groups in total. The van der Waals surface area contributed by atoms with Gasteiger partial charge in [-0.1, -0.05) is 0 Å². The zero-order valence-electron chi connectivity index (χ0n) is 15.1. The van der Waals surface area contributed by atoms with E-state index in [-0.39, 0.29) is 18.7 Å². The van der Waals surface area contributed by atoms with Crippen LogP contribution in [0.15, 0.2) is 12.5 Å². The zero-order chi connectivity index (χ0) is 22.0. The van der Waals surface area contributed by atoms with Crippen LogP contribution in [0.25, 0.3) is 0 Å². The Morgan fingerprint density at radius 3 is 2.17 bits per heavy atom. The van der Waals surface area contributed by atoms with E-state index < -0.39 is 54.2 Å². The maximum absolute atomic E-state index is 12.4. The quantitative estimate of drug-likeness (QED) is 0.157. The first-order valence-corrected chi connectivity index (χ1v) is 8.94. The van der Waals surface area contributed by atoms with Gasteiger partial charge in [0.2, 0.25) is 17.7 Å². The van der Waals surface area contributed by atoms with Crippen molar-refractivity contribution in [1.82, 2.24) is 25.9 Å². The molecule has 29 heavy (non-hydrogen) atoms. The number of aromatic amines is 1. The average Bonchev–Trinajstić information content (AvgIpc) is 3.17. The molecular weight excluding hydrogens is 408 g/mol. The first-order valence-electron chi connectivity index (χ1n) is 8.30. The van der Waals surface area contributed by atoms with Crippen LogP contribution >= 0.6 is 12.6 Å². The summed E-state index contributed by atoms with van der Waals surface area (Å²) < 4.78 is 0. The van der Waals surface area contributed by atoms with Crippen LogP contribution in [-0.2, 0) is 30.4 Å². The highest BCUT2D eigenvalue weighted by molar-refractivity contribution is 7.80. The van der Waals surface area contributed by atoms with Crippen molar-refractivity contribution in [1.29, 1.82) is 0 Å². The molecular formula is C15H22N6O7S. The summed E-state index contributed by atoms with van der Waals surface area (Å²) in [5.41, 5.74) is 5.58. The second-order valence-electron chi connectivity index (χ2n) is 5.85. The minimum atomic E-state index is -1.58. The van der Waals surface area contributed by atoms with Crippen LogP contribution < -0.4 is 21.7 Å². The predicted molar refractivity (Wildman–Crippen MR) is 101 cm³/mol. The lowest BCUT2D eigenvalue weighted by Gasteiger charge is -2.23. The van der Waals surface area contributed by atoms with Gasteiger partial charge in [0.15, 0.2) is 0 Å². The number of hydrogen-bond donors (Lipinski definition) is 8. The van der Waals surface area contributed by atoms with Gasteiger partial charge >= 0.3 is 11.9 Å². The molecule has 0 aromatic carbocycles. The predicted octanol–water partition coefficient (Wildman–Crippen LogP) is -3.15. The van der Waals surface area contributed by atoms with Crippen molar-refractivity contribution in [2.75, 3.05) is 12.3 Å². The van der Waals surface area contributed by atoms with Crippen molar-refractivity contribution in [3.8, 4) is 0 Å². The maximum Gasteiger partial charge on any atom is 0.326 e. The standard InChI is InChI=1S/C15H22N6O7S/c16-3-11(22)19-10(5-29)14(26)20-8(2-12(23)24)13(25)21-9(15(27)28)1-7-4-17-6-18-7/h4,6,8-10,29H,1-3,5,16H2,(H,17,18)(H,19,22)(H,20,26)(H,21,25)(H,23,24)(H,27,28). The van der Waals surface area contributed by atoms with Crippen LogP contribution in [0.5, 0.6) is 0 Å². The van der Waals surface area contributed by atoms with E-state index in [2.05, 4.69) is 38.5 Å². The van der Waals surface area contributed by atoms with E-state index in [1.54, 1.807) is 0 Å². The molecule has 1 heterocycles. The highest BCUT2D eigenvalue weighted by atomic mass is 32.1. The fourth-order valence-corrected chi connectivity index (χ4v) is 2.45. The Morgan fingerprint density at radius 1 is 1.07 bits per heavy atom. The van der Waals surface area contributed by atoms with Gasteiger partial charge in [-0.3, -0.25) is 19.2 Å². The molecule has 13 nitrogen and oxygen atoms in total. The topological polar surface area (TPSA) is 217 Å². The van der Waals surface area contributed by atoms with E-state index >= 15 is 0 Å². The van der Waals surface area contributed by atoms with Gasteiger partial charge in [0.1, 0.15) is 18.1 Å². The summed E-state index contributed by atoms with van der Waals surface area (Å²) in [5.74, 6) is -5.45. The summed E-state index contributed by atoms with van der Waals surface area (Å²) in [5, 5.41) is 24.9. The first kappa shape index (κ1) is 23.9. The molecule has 0 radical (unpaired) electrons. The molecule has 0 spiro atoms. The van der Waals surface area contributed by atoms with Crippen molar-refractivity contribution in [2.45, 2.75) is 31.0 Å². The number of nitrogens with two attached hydrogens (primary N) is 1. The van der Waals surface area contributed by atoms with Gasteiger partial charge < -0.3 is 36.9 Å². The molecule has 14 heteroatoms. The molecule has 0 saturated heterocycles. The van der Waals surface area contributed by atoms with E-state index in [4.69, 9.17) is 10.8 Å². The Bertz CT molecular complexity index is 742. The Morgan fingerprint density at radius 2 is 1.69 bits per heavy atom. The molecule has 0 aliphatic carbocycles. The van der Waals surface area contributed by atoms with Crippen LogP contribution in [0.2, 0.25) is 0 Å². The van der Waals surface area contributed by atoms with Gasteiger partial charge in [0.25, 0.3) is 0 Å². The summed E-state index contributed by atoms with van der Waals surface area (Å²) in [6.07, 6.45) is 1.76. The second kappa shape index (κ2) is 11.7. The smallest absolute Gasteiger partial charge is 0.326 e. The summed E-state index contributed by atoms with van der Waals surface area (Å²) in [6, 6.07) is -4.15. The largest absolute Gasteiger partial charge is 0.481 e. The molecule has 3 unspecified atom stereocenters. The highest BCUT2D eigenvalue weighted by Gasteiger charge is 2.30. The Hall–Kier alpha value is -3.13. The molecule has 3 amide bonds. The van der Waals surface area contributed by atoms with E-state index in [9.17, 15) is 29.1 Å². The number of hydrogen-bond acceptors (Lipinski definition) is 8. The average molecular weight is 430 g/mol. The van der Waals surface area contributed by atoms with Crippen molar-refractivity contribution in [3.63, 3.8) is 0 Å². The third-order valence-electron chi connectivity index (χ3n) is 3.62. The molecule has 0 aliphatic heterocycles. The lowest BCUT2D eigenvalue weighted by Crippen LogP contribution is -2.57. The zero-order valence-corrected chi connectivity index (χ0v) is 16.0. The van der Waals surface area contributed by atoms with Crippen LogP contribution in [0.1, 0.15) is 12.1 Å². The lowest BCUT2D eigenvalue weighted by atomic mass is 10.1. The number of carboxylic acids is 2. The molecule has 1 rings (SSSR count). The highest BCUT2D eigenvalue weighted by Crippen LogP contribution is 2.02. The number of aliphatic carboxylic acids is 2. The van der Waals surface area contributed by atoms with Crippen LogP contribution in [0, 0.1) is 0 Å². The van der Waals surface area contributed by atoms with Gasteiger partial charge in [-0.2, -0.15) is 12.6 Å². The molecule has 1 aromatic rings. The van der Waals surface area contributed by atoms with Crippen LogP contribution in [0.3, 0.4) is 0 Å². The van der Waals surface area contributed by atoms with Gasteiger partial charge in [-0.15, -0.1) is 0 Å². The van der Waals surface area contributed by atoms with Gasteiger partial charge in [0.05, 0.1) is 19.3 Å². The molecule has 0 fully saturated rings. The fourth-order valence-electron chi connectivity index (χ4n) is 2.19. The number of carbonyl (C=O) groups excluding carboxylic acids is 3. The number of nitrogens with zero attached hydrogens (tertiary/aromatic N) is 1. The molecule has 0 saturated carbocycles. The van der Waals surface area contributed by atoms with E-state index in [0.29, 0.717) is 5.69 Å². The molecule has 3 atom stereocenters. The number of H-pyrrole nitrogens is 1. The van der Waals surface area contributed by atoms with Crippen LogP contribution in [-0.4, -0.2) is 80.3 Å². The number of imidazole rings is 1. The minimum absolute atomic E-state index is 0.138. The van der Waals surface area contributed by atoms with Gasteiger partial charge in [0, 0.05) is 24.1 Å². The normalized spacial score (nSPS) is 13.6. The van der Waals surface area contributed by atoms with E-state index in [0.717, 1.165) is 0 Å². The Labute approximate surface area is 170 Å². The molecule has 1 aromatic heterocycles. The Kier molecular flexibility index (Phi) is 9.61. The van der Waals surface area contributed by atoms with Crippen LogP contribution in [0.4, 0.5) is 0 Å². The molecule has 0 bridgehead atoms. The first-order chi connectivity index (χ1) is 13.7. The summed E-state index contributed by atoms with van der Waals surface area (Å²) >= 11 is 3.92. The number of aromatic nitrogens is 2. The number of carbonyl (C=O) groups is 5. The SMILES string of the molecule is NCC(=O)NC(CS)C(=O)NC(CC(=O)O)C(=O)NC(Cc1cnc[nH]1)C(=O)O. The van der Waals surface area contributed by atoms with Crippen molar-refractivity contribution < 1.29 is 34.2 Å². The number of nitrogens with one attached hydrogen (secondary N) is 4. The van der Waals surface area contributed by atoms with E-state index in [1.807, 2.05) is 0 Å². The van der Waals surface area contributed by atoms with Gasteiger partial charge in [-0.25, -0.2) is 9.78 Å². The monoisotopic (exact) mass is 430 g/mol. The summed E-state index contributed by atoms with van der Waals surface area (Å²) in [7, 11) is 0. The summed E-state index contributed by atoms with van der Waals surface area (Å²) in [6.45, 7) is -0.384. The molecule has 0 aliphatic rings. The number of amides is 3. The second-order valence-corrected chi connectivity index (χ2v) is 6.21. The molecule has 160 valence electrons. The minimum Gasteiger partial charge on any atom is -0.481 e. The summed E-state index contributed by atoms with van der Waals surface area (Å²) in [4.78, 5) is 65.0. The Balaban J connectivity index is 2.87. The lowest BCUT2D eigenvalue weighted by molar-refractivity contribution is -0.143. The third kappa shape index (κ3) is 8.18. The van der Waals surface area contributed by atoms with E-state index in [1.165, 1.54) is 12.5 Å². The third-order valence-corrected chi connectivity index (χ3v) is 3.99. The van der Waals surface area contributed by atoms with Crippen molar-refractivity contribution >= 4 is 42.3 Å². The number of carboxylic acid groups (broad SMARTS) is 2. The van der Waals surface area contributed by atoms with Crippen molar-refractivity contribution in [2.24, 2.45) is 5.73 Å². The number of thiol groups is 1. The number of rotatable bonds is 12. The van der Waals surface area contributed by atoms with Gasteiger partial charge in [-0.05, 0) is 0 Å².